The summed E-state index contributed by atoms with van der Waals surface area (Å²) in [6, 6.07) is 10.5. The lowest BCUT2D eigenvalue weighted by Gasteiger charge is -2.34. The second kappa shape index (κ2) is 11.1. The summed E-state index contributed by atoms with van der Waals surface area (Å²) < 4.78 is 53.8. The number of aromatic nitrogens is 1. The van der Waals surface area contributed by atoms with Crippen LogP contribution in [-0.2, 0) is 10.2 Å². The van der Waals surface area contributed by atoms with Gasteiger partial charge in [0.1, 0.15) is 35.4 Å². The van der Waals surface area contributed by atoms with E-state index in [0.29, 0.717) is 28.3 Å². The lowest BCUT2D eigenvalue weighted by atomic mass is 9.82. The SMILES string of the molecule is COc1ccc2c(c1)O[C@@H](c1ccc(C(=O)NCC(O)CO)cn1)C[C@H]2NC(=O)[C@@]1(C)COc2cc3c(cc21)OC(F)(F)O3. The van der Waals surface area contributed by atoms with Crippen LogP contribution in [0.3, 0.4) is 0 Å². The molecule has 2 aromatic carbocycles. The van der Waals surface area contributed by atoms with Crippen LogP contribution in [-0.4, -0.2) is 66.3 Å². The molecule has 0 saturated heterocycles. The third-order valence-corrected chi connectivity index (χ3v) is 7.82. The molecule has 0 radical (unpaired) electrons. The fraction of sp³-hybridized carbons (Fsp3) is 0.367. The Morgan fingerprint density at radius 2 is 1.89 bits per heavy atom. The van der Waals surface area contributed by atoms with E-state index in [2.05, 4.69) is 25.1 Å². The van der Waals surface area contributed by atoms with Gasteiger partial charge in [-0.15, -0.1) is 8.78 Å². The first-order valence-corrected chi connectivity index (χ1v) is 13.8. The van der Waals surface area contributed by atoms with Gasteiger partial charge in [-0.3, -0.25) is 14.6 Å². The molecule has 1 unspecified atom stereocenters. The molecule has 14 heteroatoms. The highest BCUT2D eigenvalue weighted by atomic mass is 19.3. The van der Waals surface area contributed by atoms with E-state index in [1.54, 1.807) is 37.3 Å². The molecular formula is C30H29F2N3O9. The number of aliphatic hydroxyl groups excluding tert-OH is 2. The van der Waals surface area contributed by atoms with Crippen LogP contribution in [0.5, 0.6) is 28.7 Å². The molecule has 0 fully saturated rings. The molecule has 4 atom stereocenters. The molecule has 0 bridgehead atoms. The van der Waals surface area contributed by atoms with Crippen molar-refractivity contribution < 1.29 is 52.3 Å². The van der Waals surface area contributed by atoms with Crippen LogP contribution < -0.4 is 34.3 Å². The number of amides is 2. The van der Waals surface area contributed by atoms with Gasteiger partial charge < -0.3 is 44.5 Å². The second-order valence-corrected chi connectivity index (χ2v) is 10.9. The summed E-state index contributed by atoms with van der Waals surface area (Å²) in [5, 5.41) is 24.0. The first-order chi connectivity index (χ1) is 21.0. The zero-order valence-electron chi connectivity index (χ0n) is 23.6. The zero-order valence-corrected chi connectivity index (χ0v) is 23.6. The number of benzene rings is 2. The molecule has 3 aromatic rings. The number of nitrogens with zero attached hydrogens (tertiary/aromatic N) is 1. The maximum Gasteiger partial charge on any atom is 0.586 e. The minimum Gasteiger partial charge on any atom is -0.497 e. The monoisotopic (exact) mass is 613 g/mol. The number of hydrogen-bond acceptors (Lipinski definition) is 10. The summed E-state index contributed by atoms with van der Waals surface area (Å²) in [6.45, 7) is 1.03. The highest BCUT2D eigenvalue weighted by Gasteiger charge is 2.49. The Kier molecular flexibility index (Phi) is 7.41. The van der Waals surface area contributed by atoms with Crippen LogP contribution in [0.4, 0.5) is 8.78 Å². The van der Waals surface area contributed by atoms with Crippen LogP contribution in [0.2, 0.25) is 0 Å². The molecule has 3 aliphatic rings. The maximum absolute atomic E-state index is 13.9. The van der Waals surface area contributed by atoms with Crippen molar-refractivity contribution in [2.24, 2.45) is 0 Å². The van der Waals surface area contributed by atoms with E-state index in [-0.39, 0.29) is 42.4 Å². The highest BCUT2D eigenvalue weighted by molar-refractivity contribution is 5.94. The number of rotatable bonds is 8. The molecule has 0 spiro atoms. The van der Waals surface area contributed by atoms with Gasteiger partial charge in [0, 0.05) is 42.4 Å². The third-order valence-electron chi connectivity index (χ3n) is 7.82. The summed E-state index contributed by atoms with van der Waals surface area (Å²) in [5.41, 5.74) is 0.591. The van der Waals surface area contributed by atoms with Crippen molar-refractivity contribution in [1.82, 2.24) is 15.6 Å². The molecule has 0 aliphatic carbocycles. The molecule has 6 rings (SSSR count). The van der Waals surface area contributed by atoms with Gasteiger partial charge in [-0.1, -0.05) is 0 Å². The molecule has 1 aromatic heterocycles. The van der Waals surface area contributed by atoms with E-state index in [4.69, 9.17) is 19.3 Å². The van der Waals surface area contributed by atoms with Crippen molar-refractivity contribution in [2.45, 2.75) is 43.3 Å². The Labute approximate surface area is 249 Å². The summed E-state index contributed by atoms with van der Waals surface area (Å²) in [5.74, 6) is 0.0157. The summed E-state index contributed by atoms with van der Waals surface area (Å²) in [6.07, 6.45) is -3.86. The van der Waals surface area contributed by atoms with Gasteiger partial charge in [0.25, 0.3) is 5.91 Å². The first-order valence-electron chi connectivity index (χ1n) is 13.8. The molecule has 0 saturated carbocycles. The summed E-state index contributed by atoms with van der Waals surface area (Å²) >= 11 is 0. The average Bonchev–Trinajstić information content (AvgIpc) is 3.51. The van der Waals surface area contributed by atoms with Crippen molar-refractivity contribution in [3.8, 4) is 28.7 Å². The van der Waals surface area contributed by atoms with Gasteiger partial charge in [0.05, 0.1) is 37.1 Å². The highest BCUT2D eigenvalue weighted by Crippen LogP contribution is 2.50. The normalized spacial score (nSPS) is 23.0. The fourth-order valence-corrected chi connectivity index (χ4v) is 5.33. The van der Waals surface area contributed by atoms with Gasteiger partial charge >= 0.3 is 6.29 Å². The average molecular weight is 614 g/mol. The molecule has 3 aliphatic heterocycles. The van der Waals surface area contributed by atoms with Crippen molar-refractivity contribution in [1.29, 1.82) is 0 Å². The summed E-state index contributed by atoms with van der Waals surface area (Å²) in [7, 11) is 1.52. The first kappa shape index (κ1) is 29.4. The Morgan fingerprint density at radius 3 is 2.59 bits per heavy atom. The van der Waals surface area contributed by atoms with E-state index in [1.807, 2.05) is 0 Å². The number of fused-ring (bicyclic) bond motifs is 3. The second-order valence-electron chi connectivity index (χ2n) is 10.9. The minimum absolute atomic E-state index is 0.0318. The number of pyridine rings is 1. The van der Waals surface area contributed by atoms with Gasteiger partial charge in [0.15, 0.2) is 11.5 Å². The van der Waals surface area contributed by atoms with Crippen molar-refractivity contribution in [2.75, 3.05) is 26.9 Å². The number of ether oxygens (including phenoxy) is 5. The van der Waals surface area contributed by atoms with Gasteiger partial charge in [0.2, 0.25) is 5.91 Å². The van der Waals surface area contributed by atoms with Gasteiger partial charge in [-0.2, -0.15) is 0 Å². The fourth-order valence-electron chi connectivity index (χ4n) is 5.33. The number of nitrogens with one attached hydrogen (secondary N) is 2. The van der Waals surface area contributed by atoms with Crippen LogP contribution in [0.15, 0.2) is 48.7 Å². The minimum atomic E-state index is -3.81. The van der Waals surface area contributed by atoms with Crippen molar-refractivity contribution in [3.05, 3.63) is 71.0 Å². The predicted molar refractivity (Wildman–Crippen MR) is 147 cm³/mol. The number of carbonyl (C=O) groups excluding carboxylic acids is 2. The largest absolute Gasteiger partial charge is 0.586 e. The quantitative estimate of drug-likeness (QED) is 0.298. The van der Waals surface area contributed by atoms with Crippen LogP contribution in [0.25, 0.3) is 0 Å². The van der Waals surface area contributed by atoms with Crippen molar-refractivity contribution >= 4 is 11.8 Å². The van der Waals surface area contributed by atoms with E-state index < -0.39 is 48.4 Å². The number of hydrogen-bond donors (Lipinski definition) is 4. The molecule has 44 heavy (non-hydrogen) atoms. The smallest absolute Gasteiger partial charge is 0.497 e. The standard InChI is InChI=1S/C30H29F2N3O9/c1-29(14-41-23-10-26-25(8-19(23)29)43-30(31,32)44-26)28(39)35-21-9-24(42-22-7-17(40-2)4-5-18(21)22)20-6-3-15(11-33-20)27(38)34-12-16(37)13-36/h3-8,10-11,16,21,24,36-37H,9,12-14H2,1-2H3,(H,34,38)(H,35,39)/t16?,21-,24-,29+/m1/s1. The maximum atomic E-state index is 13.9. The van der Waals surface area contributed by atoms with E-state index in [9.17, 15) is 23.5 Å². The van der Waals surface area contributed by atoms with Gasteiger partial charge in [-0.05, 0) is 37.3 Å². The zero-order chi connectivity index (χ0) is 31.2. The van der Waals surface area contributed by atoms with Crippen LogP contribution in [0, 0.1) is 0 Å². The third kappa shape index (κ3) is 5.42. The van der Waals surface area contributed by atoms with E-state index >= 15 is 0 Å². The van der Waals surface area contributed by atoms with E-state index in [0.717, 1.165) is 0 Å². The number of alkyl halides is 2. The summed E-state index contributed by atoms with van der Waals surface area (Å²) in [4.78, 5) is 30.7. The molecule has 2 amide bonds. The van der Waals surface area contributed by atoms with Gasteiger partial charge in [-0.25, -0.2) is 0 Å². The molecule has 4 heterocycles. The van der Waals surface area contributed by atoms with Crippen LogP contribution >= 0.6 is 0 Å². The molecule has 232 valence electrons. The lowest BCUT2D eigenvalue weighted by molar-refractivity contribution is -0.286. The van der Waals surface area contributed by atoms with Crippen molar-refractivity contribution in [3.63, 3.8) is 0 Å². The number of carbonyl (C=O) groups is 2. The predicted octanol–water partition coefficient (Wildman–Crippen LogP) is 2.53. The number of aliphatic hydroxyl groups is 2. The van der Waals surface area contributed by atoms with Crippen LogP contribution in [0.1, 0.15) is 52.7 Å². The number of methoxy groups -OCH3 is 1. The lowest BCUT2D eigenvalue weighted by Crippen LogP contribution is -2.46. The Hall–Kier alpha value is -4.69. The van der Waals surface area contributed by atoms with E-state index in [1.165, 1.54) is 25.4 Å². The number of halogens is 2. The molecular weight excluding hydrogens is 584 g/mol. The molecule has 4 N–H and O–H groups in total. The Balaban J connectivity index is 1.24. The Morgan fingerprint density at radius 1 is 1.11 bits per heavy atom. The Bertz CT molecular complexity index is 1600. The molecule has 12 nitrogen and oxygen atoms in total. The topological polar surface area (TPSA) is 158 Å².